The number of rotatable bonds is 11. The molecule has 9 unspecified atom stereocenters. The summed E-state index contributed by atoms with van der Waals surface area (Å²) in [6.07, 6.45) is 11.1. The van der Waals surface area contributed by atoms with Crippen LogP contribution in [-0.4, -0.2) is 0 Å². The fraction of sp³-hybridized carbons (Fsp3) is 0.562. The average Bonchev–Trinajstić information content (AvgIpc) is 1.55. The van der Waals surface area contributed by atoms with Crippen LogP contribution in [0.25, 0.3) is 0 Å². The van der Waals surface area contributed by atoms with Gasteiger partial charge in [-0.05, 0) is 198 Å². The molecular formula is C96H160. The maximum absolute atomic E-state index is 2.36. The van der Waals surface area contributed by atoms with E-state index in [4.69, 9.17) is 0 Å². The highest BCUT2D eigenvalue weighted by Crippen LogP contribution is 2.37. The quantitative estimate of drug-likeness (QED) is 0.121. The molecule has 2 aliphatic rings. The van der Waals surface area contributed by atoms with Crippen molar-refractivity contribution in [2.45, 2.75) is 341 Å². The minimum absolute atomic E-state index is 0.267. The standard InChI is InChI=1S/C14H22.C12H16.C12H18.C11H14.3C11H16.7C2H6/c1-6-11(2)12-8-7-9-13(10-12)14(3,4)5;1-9-7-11-5-3-4-6-12(11)8-10(9)2;1-4-10(3)12-8-6-7-11(5-2)9-12;1-8-7-10-5-3-4-6-11(10)9(8)2;2*1-4-10(3)11-7-5-9(2)6-8-11;1-4-10(3)11-7-5-6-9(2)8-11;7*1-2/h7-11H,6H2,1-5H3;3-6,9-10H,7-8H2,1-2H3;6-10H,4-5H2,1-3H3;3-6,8-9H,7H2,1-2H3;3*5-8,10H,4H2,1-3H3;7*1-2H3. The van der Waals surface area contributed by atoms with Gasteiger partial charge in [0.25, 0.3) is 0 Å². The molecule has 0 spiro atoms. The summed E-state index contributed by atoms with van der Waals surface area (Å²) >= 11 is 0. The van der Waals surface area contributed by atoms with Crippen molar-refractivity contribution in [2.24, 2.45) is 17.8 Å². The number of hydrogen-bond donors (Lipinski definition) is 0. The molecule has 0 bridgehead atoms. The second-order valence-electron chi connectivity index (χ2n) is 26.1. The zero-order valence-corrected chi connectivity index (χ0v) is 70.2. The molecule has 2 aliphatic carbocycles. The molecule has 9 rings (SSSR count). The lowest BCUT2D eigenvalue weighted by Crippen LogP contribution is -2.20. The van der Waals surface area contributed by atoms with Crippen LogP contribution in [0, 0.1) is 38.5 Å². The smallest absolute Gasteiger partial charge is 0.0132 e. The van der Waals surface area contributed by atoms with Crippen LogP contribution in [-0.2, 0) is 31.1 Å². The third-order valence-corrected chi connectivity index (χ3v) is 18.3. The Bertz CT molecular complexity index is 2720. The normalized spacial score (nSPS) is 15.4. The Morgan fingerprint density at radius 2 is 0.625 bits per heavy atom. The first-order valence-corrected chi connectivity index (χ1v) is 39.5. The van der Waals surface area contributed by atoms with Crippen molar-refractivity contribution >= 4 is 0 Å². The van der Waals surface area contributed by atoms with E-state index in [0.29, 0.717) is 29.6 Å². The highest BCUT2D eigenvalue weighted by Gasteiger charge is 2.25. The van der Waals surface area contributed by atoms with Gasteiger partial charge in [0.2, 0.25) is 0 Å². The van der Waals surface area contributed by atoms with Crippen LogP contribution in [0.5, 0.6) is 0 Å². The van der Waals surface area contributed by atoms with Crippen molar-refractivity contribution < 1.29 is 0 Å². The van der Waals surface area contributed by atoms with Crippen LogP contribution in [0.2, 0.25) is 0 Å². The predicted molar refractivity (Wildman–Crippen MR) is 447 cm³/mol. The SMILES string of the molecule is CC.CC.CC.CC.CC.CC.CC.CC1Cc2ccccc2C1C.CC1Cc2ccccc2CC1C.CCC(C)c1ccc(C)cc1.CCC(C)c1ccc(C)cc1.CCC(C)c1cccc(C(C)(C)C)c1.CCC(C)c1cccc(C)c1.CCc1cccc(C(C)CC)c1. The minimum Gasteiger partial charge on any atom is -0.0683 e. The molecule has 0 aliphatic heterocycles. The lowest BCUT2D eigenvalue weighted by atomic mass is 9.78. The van der Waals surface area contributed by atoms with E-state index >= 15 is 0 Å². The van der Waals surface area contributed by atoms with Crippen molar-refractivity contribution in [3.8, 4) is 0 Å². The van der Waals surface area contributed by atoms with E-state index in [0.717, 1.165) is 30.1 Å². The molecule has 0 saturated carbocycles. The van der Waals surface area contributed by atoms with Gasteiger partial charge in [-0.3, -0.25) is 0 Å². The lowest BCUT2D eigenvalue weighted by molar-refractivity contribution is 0.361. The van der Waals surface area contributed by atoms with Gasteiger partial charge in [-0.2, -0.15) is 0 Å². The maximum Gasteiger partial charge on any atom is -0.0132 e. The van der Waals surface area contributed by atoms with Crippen LogP contribution < -0.4 is 0 Å². The zero-order chi connectivity index (χ0) is 74.9. The molecule has 0 nitrogen and oxygen atoms in total. The van der Waals surface area contributed by atoms with Gasteiger partial charge < -0.3 is 0 Å². The van der Waals surface area contributed by atoms with Crippen LogP contribution in [0.4, 0.5) is 0 Å². The van der Waals surface area contributed by atoms with Crippen LogP contribution in [0.3, 0.4) is 0 Å². The van der Waals surface area contributed by atoms with E-state index in [1.165, 1.54) is 107 Å². The van der Waals surface area contributed by atoms with Crippen molar-refractivity contribution in [2.75, 3.05) is 0 Å². The molecule has 0 amide bonds. The van der Waals surface area contributed by atoms with Crippen molar-refractivity contribution in [1.29, 1.82) is 0 Å². The second kappa shape index (κ2) is 61.8. The molecule has 544 valence electrons. The molecule has 0 saturated heterocycles. The van der Waals surface area contributed by atoms with Gasteiger partial charge in [0.05, 0.1) is 0 Å². The Morgan fingerprint density at radius 1 is 0.312 bits per heavy atom. The topological polar surface area (TPSA) is 0 Å². The Labute approximate surface area is 603 Å². The highest BCUT2D eigenvalue weighted by molar-refractivity contribution is 5.36. The molecule has 0 heterocycles. The van der Waals surface area contributed by atoms with E-state index in [1.807, 2.05) is 96.9 Å². The Morgan fingerprint density at radius 3 is 0.969 bits per heavy atom. The fourth-order valence-corrected chi connectivity index (χ4v) is 10.4. The van der Waals surface area contributed by atoms with E-state index in [2.05, 4.69) is 315 Å². The largest absolute Gasteiger partial charge is 0.0683 e. The third kappa shape index (κ3) is 41.1. The molecule has 7 aromatic carbocycles. The van der Waals surface area contributed by atoms with E-state index in [1.54, 1.807) is 22.3 Å². The number of aryl methyl sites for hydroxylation is 4. The molecule has 0 fully saturated rings. The van der Waals surface area contributed by atoms with Crippen molar-refractivity contribution in [1.82, 2.24) is 0 Å². The van der Waals surface area contributed by atoms with Gasteiger partial charge in [-0.15, -0.1) is 0 Å². The first-order valence-electron chi connectivity index (χ1n) is 39.5. The molecule has 7 aromatic rings. The predicted octanol–water partition coefficient (Wildman–Crippen LogP) is 32.0. The van der Waals surface area contributed by atoms with E-state index in [9.17, 15) is 0 Å². The molecule has 96 heavy (non-hydrogen) atoms. The van der Waals surface area contributed by atoms with Gasteiger partial charge in [0, 0.05) is 0 Å². The Kier molecular flexibility index (Phi) is 63.9. The summed E-state index contributed by atoms with van der Waals surface area (Å²) in [5, 5.41) is 0. The molecule has 0 radical (unpaired) electrons. The maximum atomic E-state index is 2.36. The Hall–Kier alpha value is -5.46. The van der Waals surface area contributed by atoms with Gasteiger partial charge >= 0.3 is 0 Å². The van der Waals surface area contributed by atoms with Crippen LogP contribution in [0.1, 0.15) is 367 Å². The molecule has 0 N–H and O–H groups in total. The van der Waals surface area contributed by atoms with E-state index in [-0.39, 0.29) is 5.41 Å². The summed E-state index contributed by atoms with van der Waals surface area (Å²) in [6.45, 7) is 75.3. The second-order valence-corrected chi connectivity index (χ2v) is 26.1. The van der Waals surface area contributed by atoms with Crippen molar-refractivity contribution in [3.05, 3.63) is 248 Å². The summed E-state index contributed by atoms with van der Waals surface area (Å²) in [7, 11) is 0. The monoisotopic (exact) mass is 1310 g/mol. The van der Waals surface area contributed by atoms with Gasteiger partial charge in [-0.1, -0.05) is 408 Å². The highest BCUT2D eigenvalue weighted by atomic mass is 14.3. The summed E-state index contributed by atoms with van der Waals surface area (Å²) in [6, 6.07) is 62.0. The number of hydrogen-bond acceptors (Lipinski definition) is 0. The van der Waals surface area contributed by atoms with Crippen LogP contribution in [0.15, 0.2) is 170 Å². The zero-order valence-electron chi connectivity index (χ0n) is 70.2. The Balaban J connectivity index is -0.000000325. The molecule has 0 aromatic heterocycles. The summed E-state index contributed by atoms with van der Waals surface area (Å²) in [5.41, 5.74) is 20.8. The third-order valence-electron chi connectivity index (χ3n) is 18.3. The first kappa shape index (κ1) is 99.2. The van der Waals surface area contributed by atoms with Gasteiger partial charge in [-0.25, -0.2) is 0 Å². The minimum atomic E-state index is 0.267. The van der Waals surface area contributed by atoms with E-state index < -0.39 is 0 Å². The molecule has 0 heteroatoms. The molecular weight excluding hydrogens is 1150 g/mol. The lowest BCUT2D eigenvalue weighted by Gasteiger charge is -2.27. The summed E-state index contributed by atoms with van der Waals surface area (Å²) in [4.78, 5) is 0. The average molecular weight is 1310 g/mol. The van der Waals surface area contributed by atoms with Crippen molar-refractivity contribution in [3.63, 3.8) is 0 Å². The number of fused-ring (bicyclic) bond motifs is 2. The number of benzene rings is 7. The van der Waals surface area contributed by atoms with Gasteiger partial charge in [0.15, 0.2) is 0 Å². The first-order chi connectivity index (χ1) is 46.0. The van der Waals surface area contributed by atoms with Crippen LogP contribution >= 0.6 is 0 Å². The fourth-order valence-electron chi connectivity index (χ4n) is 10.4. The summed E-state index contributed by atoms with van der Waals surface area (Å²) < 4.78 is 0. The van der Waals surface area contributed by atoms with Gasteiger partial charge in [0.1, 0.15) is 0 Å². The summed E-state index contributed by atoms with van der Waals surface area (Å²) in [5.74, 6) is 6.83. The molecule has 9 atom stereocenters.